The van der Waals surface area contributed by atoms with E-state index >= 15 is 0 Å². The third-order valence-corrected chi connectivity index (χ3v) is 3.84. The van der Waals surface area contributed by atoms with Crippen molar-refractivity contribution in [2.24, 2.45) is 0 Å². The fourth-order valence-corrected chi connectivity index (χ4v) is 2.40. The summed E-state index contributed by atoms with van der Waals surface area (Å²) in [5, 5.41) is 8.22. The number of fused-ring (bicyclic) bond motifs is 1. The van der Waals surface area contributed by atoms with Gasteiger partial charge < -0.3 is 10.1 Å². The van der Waals surface area contributed by atoms with Gasteiger partial charge >= 0.3 is 5.97 Å². The predicted molar refractivity (Wildman–Crippen MR) is 92.2 cm³/mol. The Morgan fingerprint density at radius 2 is 1.75 bits per heavy atom. The molecule has 0 aliphatic heterocycles. The van der Waals surface area contributed by atoms with Gasteiger partial charge in [-0.25, -0.2) is 23.1 Å². The zero-order chi connectivity index (χ0) is 20.4. The molecule has 0 aliphatic carbocycles. The monoisotopic (exact) mass is 391 g/mol. The third-order valence-electron chi connectivity index (χ3n) is 3.84. The maximum atomic E-state index is 13.6. The van der Waals surface area contributed by atoms with E-state index in [1.165, 1.54) is 19.1 Å². The second kappa shape index (κ2) is 7.51. The molecule has 0 bridgehead atoms. The summed E-state index contributed by atoms with van der Waals surface area (Å²) in [5.41, 5.74) is -1.35. The zero-order valence-corrected chi connectivity index (χ0v) is 14.3. The van der Waals surface area contributed by atoms with Crippen molar-refractivity contribution < 1.29 is 27.5 Å². The zero-order valence-electron chi connectivity index (χ0n) is 14.3. The molecule has 1 amide bonds. The van der Waals surface area contributed by atoms with Crippen molar-refractivity contribution in [3.05, 3.63) is 69.9 Å². The molecule has 144 valence electrons. The minimum Gasteiger partial charge on any atom is -0.448 e. The van der Waals surface area contributed by atoms with Crippen molar-refractivity contribution in [2.75, 3.05) is 5.32 Å². The minimum atomic E-state index is -1.74. The summed E-state index contributed by atoms with van der Waals surface area (Å²) in [6.07, 6.45) is -1.42. The number of anilines is 1. The van der Waals surface area contributed by atoms with Crippen molar-refractivity contribution in [1.29, 1.82) is 0 Å². The number of ether oxygens (including phenoxy) is 1. The lowest BCUT2D eigenvalue weighted by atomic mass is 10.1. The summed E-state index contributed by atoms with van der Waals surface area (Å²) in [7, 11) is 0. The van der Waals surface area contributed by atoms with Crippen molar-refractivity contribution >= 4 is 28.3 Å². The first-order chi connectivity index (χ1) is 13.3. The van der Waals surface area contributed by atoms with E-state index in [-0.39, 0.29) is 16.5 Å². The van der Waals surface area contributed by atoms with Crippen molar-refractivity contribution in [1.82, 2.24) is 10.2 Å². The largest absolute Gasteiger partial charge is 0.448 e. The highest BCUT2D eigenvalue weighted by Crippen LogP contribution is 2.20. The molecule has 1 aromatic heterocycles. The Morgan fingerprint density at radius 1 is 1.07 bits per heavy atom. The Hall–Kier alpha value is -3.69. The van der Waals surface area contributed by atoms with Crippen LogP contribution < -0.4 is 10.9 Å². The average molecular weight is 391 g/mol. The van der Waals surface area contributed by atoms with Gasteiger partial charge in [-0.2, -0.15) is 5.10 Å². The molecular weight excluding hydrogens is 379 g/mol. The van der Waals surface area contributed by atoms with Crippen LogP contribution in [0.1, 0.15) is 17.4 Å². The Kier molecular flexibility index (Phi) is 5.12. The van der Waals surface area contributed by atoms with Gasteiger partial charge in [0.2, 0.25) is 0 Å². The number of carbonyl (C=O) groups excluding carboxylic acids is 2. The number of carbonyl (C=O) groups is 2. The van der Waals surface area contributed by atoms with E-state index in [0.717, 1.165) is 6.07 Å². The Bertz CT molecular complexity index is 1150. The van der Waals surface area contributed by atoms with Crippen molar-refractivity contribution in [2.45, 2.75) is 13.0 Å². The molecule has 1 heterocycles. The Balaban J connectivity index is 1.78. The van der Waals surface area contributed by atoms with Gasteiger partial charge in [0.15, 0.2) is 29.2 Å². The third kappa shape index (κ3) is 3.56. The molecule has 28 heavy (non-hydrogen) atoms. The molecule has 1 unspecified atom stereocenters. The summed E-state index contributed by atoms with van der Waals surface area (Å²) >= 11 is 0. The Labute approximate surface area is 155 Å². The first kappa shape index (κ1) is 19.1. The molecule has 0 radical (unpaired) electrons. The van der Waals surface area contributed by atoms with Gasteiger partial charge in [0, 0.05) is 5.39 Å². The van der Waals surface area contributed by atoms with Gasteiger partial charge in [-0.1, -0.05) is 18.2 Å². The summed E-state index contributed by atoms with van der Waals surface area (Å²) in [4.78, 5) is 36.2. The maximum Gasteiger partial charge on any atom is 0.360 e. The first-order valence-electron chi connectivity index (χ1n) is 7.92. The summed E-state index contributed by atoms with van der Waals surface area (Å²) in [5.74, 6) is -6.73. The molecule has 3 rings (SSSR count). The number of halogens is 3. The molecule has 2 aromatic carbocycles. The molecule has 0 fully saturated rings. The highest BCUT2D eigenvalue weighted by Gasteiger charge is 2.24. The highest BCUT2D eigenvalue weighted by atomic mass is 19.2. The van der Waals surface area contributed by atoms with E-state index in [4.69, 9.17) is 4.74 Å². The number of nitrogens with one attached hydrogen (secondary N) is 2. The van der Waals surface area contributed by atoms with E-state index in [0.29, 0.717) is 6.07 Å². The number of H-pyrrole nitrogens is 1. The lowest BCUT2D eigenvalue weighted by molar-refractivity contribution is -0.123. The van der Waals surface area contributed by atoms with Crippen LogP contribution in [0.5, 0.6) is 0 Å². The number of benzene rings is 2. The van der Waals surface area contributed by atoms with Crippen LogP contribution in [0, 0.1) is 17.5 Å². The number of aromatic nitrogens is 2. The summed E-state index contributed by atoms with van der Waals surface area (Å²) < 4.78 is 44.8. The van der Waals surface area contributed by atoms with Gasteiger partial charge in [0.25, 0.3) is 11.5 Å². The fourth-order valence-electron chi connectivity index (χ4n) is 2.40. The number of hydrogen-bond donors (Lipinski definition) is 2. The van der Waals surface area contributed by atoms with Crippen LogP contribution in [0.4, 0.5) is 18.9 Å². The molecule has 10 heteroatoms. The second-order valence-electron chi connectivity index (χ2n) is 5.71. The topological polar surface area (TPSA) is 101 Å². The fraction of sp³-hybridized carbons (Fsp3) is 0.111. The molecule has 0 spiro atoms. The maximum absolute atomic E-state index is 13.6. The van der Waals surface area contributed by atoms with Crippen LogP contribution in [0.25, 0.3) is 10.8 Å². The van der Waals surface area contributed by atoms with Crippen LogP contribution in [0.15, 0.2) is 41.2 Å². The van der Waals surface area contributed by atoms with Crippen molar-refractivity contribution in [3.63, 3.8) is 0 Å². The average Bonchev–Trinajstić information content (AvgIpc) is 2.68. The number of amides is 1. The molecule has 1 atom stereocenters. The predicted octanol–water partition coefficient (Wildman–Crippen LogP) is 2.52. The molecule has 0 saturated heterocycles. The van der Waals surface area contributed by atoms with Gasteiger partial charge in [0.05, 0.1) is 11.1 Å². The molecule has 0 saturated carbocycles. The number of aromatic amines is 1. The van der Waals surface area contributed by atoms with Crippen LogP contribution >= 0.6 is 0 Å². The van der Waals surface area contributed by atoms with E-state index in [2.05, 4.69) is 10.2 Å². The normalized spacial score (nSPS) is 11.9. The van der Waals surface area contributed by atoms with Gasteiger partial charge in [-0.3, -0.25) is 9.59 Å². The molecule has 2 N–H and O–H groups in total. The summed E-state index contributed by atoms with van der Waals surface area (Å²) in [6.45, 7) is 1.19. The van der Waals surface area contributed by atoms with Crippen molar-refractivity contribution in [3.8, 4) is 0 Å². The quantitative estimate of drug-likeness (QED) is 0.526. The number of nitrogens with zero attached hydrogens (tertiary/aromatic N) is 1. The van der Waals surface area contributed by atoms with Gasteiger partial charge in [-0.05, 0) is 25.1 Å². The van der Waals surface area contributed by atoms with Crippen LogP contribution in [-0.2, 0) is 9.53 Å². The van der Waals surface area contributed by atoms with E-state index in [1.807, 2.05) is 5.32 Å². The minimum absolute atomic E-state index is 0.199. The lowest BCUT2D eigenvalue weighted by Gasteiger charge is -2.14. The molecule has 7 nitrogen and oxygen atoms in total. The second-order valence-corrected chi connectivity index (χ2v) is 5.71. The SMILES string of the molecule is CC(OC(=O)c1n[nH]c(=O)c2ccccc12)C(=O)Nc1ccc(F)c(F)c1F. The van der Waals surface area contributed by atoms with Crippen LogP contribution in [0.2, 0.25) is 0 Å². The lowest BCUT2D eigenvalue weighted by Crippen LogP contribution is -2.31. The van der Waals surface area contributed by atoms with Crippen LogP contribution in [-0.4, -0.2) is 28.2 Å². The Morgan fingerprint density at radius 3 is 2.46 bits per heavy atom. The number of esters is 1. The molecular formula is C18H12F3N3O4. The van der Waals surface area contributed by atoms with Crippen LogP contribution in [0.3, 0.4) is 0 Å². The van der Waals surface area contributed by atoms with E-state index < -0.39 is 46.7 Å². The van der Waals surface area contributed by atoms with Gasteiger partial charge in [-0.15, -0.1) is 0 Å². The summed E-state index contributed by atoms with van der Waals surface area (Å²) in [6, 6.07) is 7.61. The number of rotatable bonds is 4. The van der Waals surface area contributed by atoms with E-state index in [1.54, 1.807) is 12.1 Å². The van der Waals surface area contributed by atoms with E-state index in [9.17, 15) is 27.6 Å². The highest BCUT2D eigenvalue weighted by molar-refractivity contribution is 6.03. The molecule has 0 aliphatic rings. The molecule has 3 aromatic rings. The first-order valence-corrected chi connectivity index (χ1v) is 7.92. The smallest absolute Gasteiger partial charge is 0.360 e. The number of hydrogen-bond acceptors (Lipinski definition) is 5. The standard InChI is InChI=1S/C18H12F3N3O4/c1-8(16(25)22-12-7-6-11(19)13(20)14(12)21)28-18(27)15-9-4-2-3-5-10(9)17(26)24-23-15/h2-8H,1H3,(H,22,25)(H,24,26). The van der Waals surface area contributed by atoms with Gasteiger partial charge in [0.1, 0.15) is 0 Å².